The third-order valence-electron chi connectivity index (χ3n) is 1.40. The Hall–Kier alpha value is -1.56. The van der Waals surface area contributed by atoms with Crippen molar-refractivity contribution in [2.45, 2.75) is 12.4 Å². The molecule has 0 N–H and O–H groups in total. The van der Waals surface area contributed by atoms with Crippen LogP contribution in [0.3, 0.4) is 0 Å². The molecule has 0 fully saturated rings. The van der Waals surface area contributed by atoms with E-state index < -0.39 is 23.5 Å². The Labute approximate surface area is 79.3 Å². The summed E-state index contributed by atoms with van der Waals surface area (Å²) >= 11 is 0. The van der Waals surface area contributed by atoms with Crippen molar-refractivity contribution in [1.82, 2.24) is 0 Å². The van der Waals surface area contributed by atoms with E-state index in [-0.39, 0.29) is 12.4 Å². The Balaban J connectivity index is 3.25. The lowest BCUT2D eigenvalue weighted by Crippen LogP contribution is -2.22. The lowest BCUT2D eigenvalue weighted by atomic mass is 10.1. The Bertz CT molecular complexity index is 343. The van der Waals surface area contributed by atoms with Crippen molar-refractivity contribution in [3.63, 3.8) is 0 Å². The third kappa shape index (κ3) is 2.69. The van der Waals surface area contributed by atoms with E-state index in [2.05, 4.69) is 9.98 Å². The van der Waals surface area contributed by atoms with Crippen molar-refractivity contribution in [2.75, 3.05) is 0 Å². The first kappa shape index (κ1) is 11.5. The lowest BCUT2D eigenvalue weighted by Gasteiger charge is -2.15. The van der Waals surface area contributed by atoms with E-state index >= 15 is 0 Å². The van der Waals surface area contributed by atoms with Crippen LogP contribution in [0, 0.1) is 0 Å². The molecule has 1 aliphatic heterocycles. The summed E-state index contributed by atoms with van der Waals surface area (Å²) in [5.74, 6) is 0. The standard InChI is InChI=1S/C7H2F6N2/c8-6(9,10)4-1-14-3-15-2-5(4)7(11,12)13/h1-2H. The van der Waals surface area contributed by atoms with Gasteiger partial charge in [0.05, 0.1) is 29.6 Å². The molecule has 0 unspecified atom stereocenters. The highest BCUT2D eigenvalue weighted by molar-refractivity contribution is 5.50. The highest BCUT2D eigenvalue weighted by atomic mass is 19.4. The van der Waals surface area contributed by atoms with Gasteiger partial charge in [0.1, 0.15) is 0 Å². The van der Waals surface area contributed by atoms with Gasteiger partial charge in [-0.1, -0.05) is 0 Å². The monoisotopic (exact) mass is 228 g/mol. The minimum absolute atomic E-state index is 0.0375. The highest BCUT2D eigenvalue weighted by Gasteiger charge is 2.47. The molecule has 0 aromatic rings. The van der Waals surface area contributed by atoms with E-state index in [0.29, 0.717) is 0 Å². The molecule has 0 spiro atoms. The zero-order chi connectivity index (χ0) is 11.7. The second kappa shape index (κ2) is 3.54. The third-order valence-corrected chi connectivity index (χ3v) is 1.40. The van der Waals surface area contributed by atoms with Crippen LogP contribution in [0.5, 0.6) is 0 Å². The molecule has 0 atom stereocenters. The number of allylic oxidation sites excluding steroid dienone is 2. The van der Waals surface area contributed by atoms with Crippen LogP contribution in [0.25, 0.3) is 0 Å². The molecule has 1 heterocycles. The van der Waals surface area contributed by atoms with E-state index in [1.165, 1.54) is 0 Å². The molecule has 2 nitrogen and oxygen atoms in total. The van der Waals surface area contributed by atoms with E-state index in [4.69, 9.17) is 0 Å². The zero-order valence-corrected chi connectivity index (χ0v) is 6.82. The maximum absolute atomic E-state index is 12.2. The molecular weight excluding hydrogens is 226 g/mol. The van der Waals surface area contributed by atoms with Gasteiger partial charge in [0, 0.05) is 0 Å². The fourth-order valence-corrected chi connectivity index (χ4v) is 0.811. The maximum Gasteiger partial charge on any atom is 0.418 e. The van der Waals surface area contributed by atoms with Crippen LogP contribution in [0.15, 0.2) is 33.5 Å². The Morgan fingerprint density at radius 3 is 1.40 bits per heavy atom. The first-order valence-electron chi connectivity index (χ1n) is 3.42. The van der Waals surface area contributed by atoms with Crippen molar-refractivity contribution in [3.8, 4) is 0 Å². The largest absolute Gasteiger partial charge is 0.418 e. The molecule has 0 saturated carbocycles. The Morgan fingerprint density at radius 2 is 1.13 bits per heavy atom. The summed E-state index contributed by atoms with van der Waals surface area (Å²) in [5.41, 5.74) is -3.77. The van der Waals surface area contributed by atoms with Crippen LogP contribution in [0.1, 0.15) is 0 Å². The minimum Gasteiger partial charge on any atom is -0.195 e. The van der Waals surface area contributed by atoms with Gasteiger partial charge in [0.15, 0.2) is 0 Å². The fraction of sp³-hybridized carbons (Fsp3) is 0.286. The van der Waals surface area contributed by atoms with E-state index in [1.54, 1.807) is 6.01 Å². The van der Waals surface area contributed by atoms with Gasteiger partial charge in [-0.3, -0.25) is 0 Å². The number of alkyl halides is 6. The van der Waals surface area contributed by atoms with Crippen LogP contribution >= 0.6 is 0 Å². The number of hydrogen-bond donors (Lipinski definition) is 0. The van der Waals surface area contributed by atoms with Gasteiger partial charge in [0.25, 0.3) is 0 Å². The molecule has 0 bridgehead atoms. The molecule has 0 aromatic carbocycles. The molecule has 15 heavy (non-hydrogen) atoms. The van der Waals surface area contributed by atoms with Crippen molar-refractivity contribution < 1.29 is 26.3 Å². The maximum atomic E-state index is 12.2. The van der Waals surface area contributed by atoms with Crippen LogP contribution in [-0.4, -0.2) is 18.4 Å². The molecule has 1 aliphatic rings. The van der Waals surface area contributed by atoms with Gasteiger partial charge in [-0.25, -0.2) is 0 Å². The van der Waals surface area contributed by atoms with Crippen LogP contribution < -0.4 is 0 Å². The fourth-order valence-electron chi connectivity index (χ4n) is 0.811. The van der Waals surface area contributed by atoms with Crippen LogP contribution in [-0.2, 0) is 0 Å². The lowest BCUT2D eigenvalue weighted by molar-refractivity contribution is -0.118. The second-order valence-corrected chi connectivity index (χ2v) is 2.44. The van der Waals surface area contributed by atoms with Crippen molar-refractivity contribution in [1.29, 1.82) is 0 Å². The minimum atomic E-state index is -5.13. The molecule has 0 saturated heterocycles. The van der Waals surface area contributed by atoms with E-state index in [9.17, 15) is 26.3 Å². The summed E-state index contributed by atoms with van der Waals surface area (Å²) in [7, 11) is 0. The Kier molecular flexibility index (Phi) is 2.72. The smallest absolute Gasteiger partial charge is 0.195 e. The van der Waals surface area contributed by atoms with E-state index in [0.717, 1.165) is 0 Å². The molecule has 0 aromatic heterocycles. The van der Waals surface area contributed by atoms with Gasteiger partial charge in [-0.2, -0.15) is 36.3 Å². The zero-order valence-electron chi connectivity index (χ0n) is 6.82. The first-order valence-corrected chi connectivity index (χ1v) is 3.42. The summed E-state index contributed by atoms with van der Waals surface area (Å²) in [6, 6.07) is 1.65. The van der Waals surface area contributed by atoms with Crippen molar-refractivity contribution in [2.24, 2.45) is 9.98 Å². The molecule has 8 heteroatoms. The molecule has 1 rings (SSSR count). The predicted octanol–water partition coefficient (Wildman–Crippen LogP) is 3.07. The number of aliphatic imine (C=N–C) groups is 2. The van der Waals surface area contributed by atoms with Gasteiger partial charge >= 0.3 is 12.4 Å². The second-order valence-electron chi connectivity index (χ2n) is 2.44. The quantitative estimate of drug-likeness (QED) is 0.569. The molecule has 0 radical (unpaired) electrons. The number of rotatable bonds is 0. The molecule has 0 amide bonds. The molecule has 82 valence electrons. The predicted molar refractivity (Wildman–Crippen MR) is 38.1 cm³/mol. The SMILES string of the molecule is FC(F)(F)C1=CN=C=NC=C1C(F)(F)F. The topological polar surface area (TPSA) is 24.7 Å². The molecular formula is C7H2F6N2. The Morgan fingerprint density at radius 1 is 0.800 bits per heavy atom. The summed E-state index contributed by atoms with van der Waals surface area (Å²) in [5, 5.41) is 0. The highest BCUT2D eigenvalue weighted by Crippen LogP contribution is 2.40. The van der Waals surface area contributed by atoms with Crippen LogP contribution in [0.2, 0.25) is 0 Å². The normalized spacial score (nSPS) is 17.2. The molecule has 0 aliphatic carbocycles. The summed E-state index contributed by atoms with van der Waals surface area (Å²) in [6.45, 7) is 0. The average Bonchev–Trinajstić information content (AvgIpc) is 2.24. The first-order chi connectivity index (χ1) is 6.73. The van der Waals surface area contributed by atoms with E-state index in [1.807, 2.05) is 0 Å². The van der Waals surface area contributed by atoms with Crippen molar-refractivity contribution in [3.05, 3.63) is 23.5 Å². The van der Waals surface area contributed by atoms with Gasteiger partial charge in [-0.05, 0) is 0 Å². The number of nitrogens with zero attached hydrogens (tertiary/aromatic N) is 2. The summed E-state index contributed by atoms with van der Waals surface area (Å²) in [6.07, 6.45) is -10.2. The van der Waals surface area contributed by atoms with Gasteiger partial charge in [-0.15, -0.1) is 0 Å². The van der Waals surface area contributed by atoms with Crippen LogP contribution in [0.4, 0.5) is 26.3 Å². The van der Waals surface area contributed by atoms with Gasteiger partial charge in [0.2, 0.25) is 0 Å². The van der Waals surface area contributed by atoms with Gasteiger partial charge < -0.3 is 0 Å². The number of hydrogen-bond acceptors (Lipinski definition) is 2. The van der Waals surface area contributed by atoms with Crippen molar-refractivity contribution >= 4 is 6.01 Å². The summed E-state index contributed by atoms with van der Waals surface area (Å²) < 4.78 is 73.0. The average molecular weight is 228 g/mol. The summed E-state index contributed by atoms with van der Waals surface area (Å²) in [4.78, 5) is 5.66. The number of halogens is 6.